The van der Waals surface area contributed by atoms with Crippen LogP contribution < -0.4 is 5.73 Å². The predicted octanol–water partition coefficient (Wildman–Crippen LogP) is 1.33. The predicted molar refractivity (Wildman–Crippen MR) is 71.0 cm³/mol. The zero-order chi connectivity index (χ0) is 14.7. The molecule has 0 bridgehead atoms. The van der Waals surface area contributed by atoms with Gasteiger partial charge in [0.15, 0.2) is 12.3 Å². The Labute approximate surface area is 118 Å². The molecule has 0 saturated carbocycles. The Morgan fingerprint density at radius 2 is 2.55 bits per heavy atom. The zero-order valence-corrected chi connectivity index (χ0v) is 11.4. The molecule has 10 heteroatoms. The third-order valence-corrected chi connectivity index (χ3v) is 3.03. The van der Waals surface area contributed by atoms with Crippen molar-refractivity contribution in [2.75, 3.05) is 12.3 Å². The number of esters is 1. The Morgan fingerprint density at radius 3 is 3.15 bits per heavy atom. The number of hydrogen-bond acceptors (Lipinski definition) is 7. The third-order valence-electron chi connectivity index (χ3n) is 2.73. The van der Waals surface area contributed by atoms with Gasteiger partial charge in [-0.05, 0) is 23.8 Å². The lowest BCUT2D eigenvalue weighted by atomic mass is 10.2. The highest BCUT2D eigenvalue weighted by Gasteiger charge is 2.40. The van der Waals surface area contributed by atoms with E-state index in [-0.39, 0.29) is 17.2 Å². The van der Waals surface area contributed by atoms with Crippen molar-refractivity contribution in [2.24, 2.45) is 5.11 Å². The van der Waals surface area contributed by atoms with Gasteiger partial charge in [-0.15, -0.1) is 0 Å². The molecule has 2 rings (SSSR count). The first-order valence-corrected chi connectivity index (χ1v) is 6.11. The maximum Gasteiger partial charge on any atom is 0.303 e. The summed E-state index contributed by atoms with van der Waals surface area (Å²) >= 11 is 5.09. The van der Waals surface area contributed by atoms with Crippen LogP contribution in [0.5, 0.6) is 0 Å². The van der Waals surface area contributed by atoms with Crippen LogP contribution in [0.25, 0.3) is 10.4 Å². The number of carbonyl (C=O) groups excluding carboxylic acids is 1. The molecule has 1 aliphatic heterocycles. The lowest BCUT2D eigenvalue weighted by Crippen LogP contribution is -2.32. The van der Waals surface area contributed by atoms with E-state index in [2.05, 4.69) is 15.0 Å². The van der Waals surface area contributed by atoms with Gasteiger partial charge in [0.2, 0.25) is 4.77 Å². The van der Waals surface area contributed by atoms with Crippen molar-refractivity contribution in [1.29, 1.82) is 0 Å². The van der Waals surface area contributed by atoms with E-state index in [1.54, 1.807) is 12.3 Å². The molecule has 3 atom stereocenters. The molecule has 9 nitrogen and oxygen atoms in total. The van der Waals surface area contributed by atoms with Gasteiger partial charge >= 0.3 is 5.97 Å². The molecule has 1 aromatic rings. The fourth-order valence-electron chi connectivity index (χ4n) is 1.93. The molecule has 1 aromatic heterocycles. The molecule has 0 spiro atoms. The quantitative estimate of drug-likeness (QED) is 0.294. The molecular formula is C10H12N6O3S. The summed E-state index contributed by atoms with van der Waals surface area (Å²) in [6, 6.07) is 0.929. The number of azide groups is 1. The van der Waals surface area contributed by atoms with Gasteiger partial charge in [-0.1, -0.05) is 5.11 Å². The topological polar surface area (TPSA) is 128 Å². The fourth-order valence-corrected chi connectivity index (χ4v) is 2.20. The van der Waals surface area contributed by atoms with E-state index >= 15 is 0 Å². The Kier molecular flexibility index (Phi) is 4.18. The van der Waals surface area contributed by atoms with E-state index in [0.29, 0.717) is 0 Å². The van der Waals surface area contributed by atoms with Crippen LogP contribution in [0.2, 0.25) is 0 Å². The van der Waals surface area contributed by atoms with E-state index < -0.39 is 24.3 Å². The van der Waals surface area contributed by atoms with Gasteiger partial charge in [-0.25, -0.2) is 4.98 Å². The molecule has 0 aromatic carbocycles. The van der Waals surface area contributed by atoms with Crippen LogP contribution in [0.1, 0.15) is 13.2 Å². The number of nitrogens with zero attached hydrogens (tertiary/aromatic N) is 5. The second-order valence-electron chi connectivity index (χ2n) is 4.11. The summed E-state index contributed by atoms with van der Waals surface area (Å²) in [6.07, 6.45) is 0.125. The lowest BCUT2D eigenvalue weighted by Gasteiger charge is -2.22. The van der Waals surface area contributed by atoms with Crippen LogP contribution in [0.15, 0.2) is 17.4 Å². The summed E-state index contributed by atoms with van der Waals surface area (Å²) < 4.78 is 12.4. The molecule has 1 fully saturated rings. The van der Waals surface area contributed by atoms with Crippen molar-refractivity contribution in [2.45, 2.75) is 25.3 Å². The number of aromatic nitrogens is 2. The smallest absolute Gasteiger partial charge is 0.303 e. The Morgan fingerprint density at radius 1 is 1.80 bits per heavy atom. The maximum absolute atomic E-state index is 11.2. The Hall–Kier alpha value is -2.16. The number of rotatable bonds is 3. The molecule has 0 radical (unpaired) electrons. The van der Waals surface area contributed by atoms with Crippen LogP contribution in [0.3, 0.4) is 0 Å². The Balaban J connectivity index is 2.36. The van der Waals surface area contributed by atoms with E-state index in [9.17, 15) is 4.79 Å². The van der Waals surface area contributed by atoms with Gasteiger partial charge in [-0.3, -0.25) is 9.36 Å². The van der Waals surface area contributed by atoms with Gasteiger partial charge in [0.1, 0.15) is 11.9 Å². The minimum Gasteiger partial charge on any atom is -0.457 e. The largest absolute Gasteiger partial charge is 0.457 e. The summed E-state index contributed by atoms with van der Waals surface area (Å²) in [5.74, 6) is -0.224. The van der Waals surface area contributed by atoms with E-state index in [1.165, 1.54) is 11.5 Å². The molecule has 0 aliphatic carbocycles. The number of hydrogen-bond donors (Lipinski definition) is 1. The van der Waals surface area contributed by atoms with Crippen molar-refractivity contribution in [1.82, 2.24) is 9.55 Å². The molecule has 20 heavy (non-hydrogen) atoms. The summed E-state index contributed by atoms with van der Waals surface area (Å²) in [7, 11) is 0. The molecular weight excluding hydrogens is 284 g/mol. The van der Waals surface area contributed by atoms with Crippen LogP contribution in [-0.2, 0) is 14.3 Å². The monoisotopic (exact) mass is 296 g/mol. The van der Waals surface area contributed by atoms with Gasteiger partial charge in [-0.2, -0.15) is 0 Å². The van der Waals surface area contributed by atoms with Crippen molar-refractivity contribution < 1.29 is 14.3 Å². The second kappa shape index (κ2) is 5.87. The average molecular weight is 296 g/mol. The van der Waals surface area contributed by atoms with E-state index in [1.807, 2.05) is 0 Å². The Bertz CT molecular complexity index is 626. The first kappa shape index (κ1) is 14.3. The second-order valence-corrected chi connectivity index (χ2v) is 4.48. The summed E-state index contributed by atoms with van der Waals surface area (Å²) in [6.45, 7) is 1.39. The van der Waals surface area contributed by atoms with Crippen molar-refractivity contribution in [3.05, 3.63) is 27.5 Å². The molecule has 0 amide bonds. The number of ether oxygens (including phenoxy) is 2. The summed E-state index contributed by atoms with van der Waals surface area (Å²) in [4.78, 5) is 17.8. The first-order chi connectivity index (χ1) is 9.52. The highest BCUT2D eigenvalue weighted by atomic mass is 32.1. The molecule has 1 aliphatic rings. The SMILES string of the molecule is CC(=O)O[C@@H]1[C@@H](N=[N+]=[N-])CO[C@H]1n1ccc(N)nc1=S. The molecule has 106 valence electrons. The summed E-state index contributed by atoms with van der Waals surface area (Å²) in [5, 5.41) is 3.57. The maximum atomic E-state index is 11.2. The molecule has 0 unspecified atom stereocenters. The number of anilines is 1. The van der Waals surface area contributed by atoms with Crippen molar-refractivity contribution in [3.8, 4) is 0 Å². The normalized spacial score (nSPS) is 24.9. The number of carbonyl (C=O) groups is 1. The highest BCUT2D eigenvalue weighted by molar-refractivity contribution is 7.71. The summed E-state index contributed by atoms with van der Waals surface area (Å²) in [5.41, 5.74) is 14.1. The fraction of sp³-hybridized carbons (Fsp3) is 0.500. The minimum absolute atomic E-state index is 0.124. The zero-order valence-electron chi connectivity index (χ0n) is 10.5. The van der Waals surface area contributed by atoms with E-state index in [4.69, 9.17) is 33.0 Å². The standard InChI is InChI=1S/C10H12N6O3S/c1-5(17)19-8-6(14-15-12)4-18-9(8)16-3-2-7(11)13-10(16)20/h2-3,6,8-9H,4H2,1H3,(H2,11,13,20)/t6-,8+,9+/m0/s1. The van der Waals surface area contributed by atoms with Gasteiger partial charge in [0.25, 0.3) is 0 Å². The lowest BCUT2D eigenvalue weighted by molar-refractivity contribution is -0.152. The van der Waals surface area contributed by atoms with Crippen LogP contribution in [0.4, 0.5) is 5.82 Å². The highest BCUT2D eigenvalue weighted by Crippen LogP contribution is 2.29. The van der Waals surface area contributed by atoms with Gasteiger partial charge in [0.05, 0.1) is 6.61 Å². The van der Waals surface area contributed by atoms with Crippen molar-refractivity contribution >= 4 is 24.0 Å². The molecule has 2 heterocycles. The van der Waals surface area contributed by atoms with Crippen LogP contribution >= 0.6 is 12.2 Å². The van der Waals surface area contributed by atoms with Crippen molar-refractivity contribution in [3.63, 3.8) is 0 Å². The minimum atomic E-state index is -0.763. The number of nitrogen functional groups attached to an aromatic ring is 1. The third kappa shape index (κ3) is 2.87. The molecule has 2 N–H and O–H groups in total. The molecule has 1 saturated heterocycles. The first-order valence-electron chi connectivity index (χ1n) is 5.70. The van der Waals surface area contributed by atoms with E-state index in [0.717, 1.165) is 0 Å². The average Bonchev–Trinajstić information content (AvgIpc) is 2.73. The van der Waals surface area contributed by atoms with Gasteiger partial charge < -0.3 is 15.2 Å². The van der Waals surface area contributed by atoms with Crippen LogP contribution in [-0.4, -0.2) is 34.3 Å². The number of nitrogens with two attached hydrogens (primary N) is 1. The van der Waals surface area contributed by atoms with Crippen LogP contribution in [0, 0.1) is 4.77 Å². The van der Waals surface area contributed by atoms with Gasteiger partial charge in [0, 0.05) is 18.0 Å².